The minimum atomic E-state index is -0.395. The number of aliphatic hydroxyl groups excluding tert-OH is 1. The van der Waals surface area contributed by atoms with E-state index in [2.05, 4.69) is 24.5 Å². The standard InChI is InChI=1S/C17H27ClN2O3/c1-11(2)7-14(21)10-19-12(3)8-17(22)20-15-9-13(18)5-6-16(15)23-4/h5-6,9,11-12,14,19,21H,7-8,10H2,1-4H3,(H,20,22). The third kappa shape index (κ3) is 7.68. The van der Waals surface area contributed by atoms with Crippen molar-refractivity contribution in [3.05, 3.63) is 23.2 Å². The Morgan fingerprint density at radius 2 is 2.04 bits per heavy atom. The third-order valence-corrected chi connectivity index (χ3v) is 3.61. The lowest BCUT2D eigenvalue weighted by atomic mass is 10.1. The van der Waals surface area contributed by atoms with E-state index >= 15 is 0 Å². The number of carbonyl (C=O) groups excluding carboxylic acids is 1. The minimum absolute atomic E-state index is 0.0398. The molecule has 0 aliphatic carbocycles. The summed E-state index contributed by atoms with van der Waals surface area (Å²) in [6.45, 7) is 6.53. The van der Waals surface area contributed by atoms with Crippen LogP contribution in [0, 0.1) is 5.92 Å². The van der Waals surface area contributed by atoms with Crippen molar-refractivity contribution in [2.75, 3.05) is 19.0 Å². The zero-order valence-electron chi connectivity index (χ0n) is 14.2. The first-order chi connectivity index (χ1) is 10.8. The molecule has 1 rings (SSSR count). The Bertz CT molecular complexity index is 509. The van der Waals surface area contributed by atoms with E-state index in [-0.39, 0.29) is 11.9 Å². The first-order valence-corrected chi connectivity index (χ1v) is 8.24. The molecule has 1 aromatic carbocycles. The molecule has 5 nitrogen and oxygen atoms in total. The van der Waals surface area contributed by atoms with Gasteiger partial charge in [-0.25, -0.2) is 0 Å². The number of amides is 1. The molecule has 0 bridgehead atoms. The molecular weight excluding hydrogens is 316 g/mol. The monoisotopic (exact) mass is 342 g/mol. The topological polar surface area (TPSA) is 70.6 Å². The van der Waals surface area contributed by atoms with E-state index in [1.54, 1.807) is 25.3 Å². The maximum absolute atomic E-state index is 12.1. The molecule has 0 radical (unpaired) electrons. The van der Waals surface area contributed by atoms with Gasteiger partial charge in [0.1, 0.15) is 5.75 Å². The largest absolute Gasteiger partial charge is 0.495 e. The Kier molecular flexibility index (Phi) is 8.37. The van der Waals surface area contributed by atoms with Gasteiger partial charge in [0.25, 0.3) is 0 Å². The molecule has 0 spiro atoms. The minimum Gasteiger partial charge on any atom is -0.495 e. The van der Waals surface area contributed by atoms with Crippen molar-refractivity contribution in [1.82, 2.24) is 5.32 Å². The summed E-state index contributed by atoms with van der Waals surface area (Å²) in [7, 11) is 1.54. The van der Waals surface area contributed by atoms with Gasteiger partial charge in [0.2, 0.25) is 5.91 Å². The summed E-state index contributed by atoms with van der Waals surface area (Å²) in [6, 6.07) is 5.03. The van der Waals surface area contributed by atoms with E-state index in [0.29, 0.717) is 35.3 Å². The lowest BCUT2D eigenvalue weighted by Crippen LogP contribution is -2.36. The zero-order valence-corrected chi connectivity index (χ0v) is 15.0. The highest BCUT2D eigenvalue weighted by molar-refractivity contribution is 6.31. The molecule has 2 atom stereocenters. The molecule has 2 unspecified atom stereocenters. The van der Waals surface area contributed by atoms with Crippen LogP contribution < -0.4 is 15.4 Å². The lowest BCUT2D eigenvalue weighted by Gasteiger charge is -2.18. The van der Waals surface area contributed by atoms with Gasteiger partial charge in [-0.3, -0.25) is 4.79 Å². The van der Waals surface area contributed by atoms with Gasteiger partial charge >= 0.3 is 0 Å². The molecule has 0 saturated heterocycles. The number of rotatable bonds is 9. The Balaban J connectivity index is 2.45. The number of benzene rings is 1. The van der Waals surface area contributed by atoms with E-state index in [1.807, 2.05) is 6.92 Å². The third-order valence-electron chi connectivity index (χ3n) is 3.37. The molecule has 0 saturated carbocycles. The van der Waals surface area contributed by atoms with Crippen LogP contribution in [-0.2, 0) is 4.79 Å². The normalized spacial score (nSPS) is 13.7. The summed E-state index contributed by atoms with van der Waals surface area (Å²) in [6.07, 6.45) is 0.643. The van der Waals surface area contributed by atoms with E-state index in [4.69, 9.17) is 16.3 Å². The van der Waals surface area contributed by atoms with Gasteiger partial charge in [-0.15, -0.1) is 0 Å². The van der Waals surface area contributed by atoms with Crippen LogP contribution in [0.4, 0.5) is 5.69 Å². The maximum Gasteiger partial charge on any atom is 0.226 e. The average molecular weight is 343 g/mol. The van der Waals surface area contributed by atoms with E-state index in [1.165, 1.54) is 0 Å². The van der Waals surface area contributed by atoms with Gasteiger partial charge in [0, 0.05) is 24.0 Å². The number of methoxy groups -OCH3 is 1. The van der Waals surface area contributed by atoms with Crippen molar-refractivity contribution in [2.24, 2.45) is 5.92 Å². The first kappa shape index (κ1) is 19.7. The Morgan fingerprint density at radius 1 is 1.35 bits per heavy atom. The van der Waals surface area contributed by atoms with Gasteiger partial charge in [-0.1, -0.05) is 25.4 Å². The van der Waals surface area contributed by atoms with Crippen molar-refractivity contribution < 1.29 is 14.6 Å². The molecule has 1 amide bonds. The molecule has 3 N–H and O–H groups in total. The quantitative estimate of drug-likeness (QED) is 0.645. The number of hydrogen-bond acceptors (Lipinski definition) is 4. The summed E-state index contributed by atoms with van der Waals surface area (Å²) in [4.78, 5) is 12.1. The van der Waals surface area contributed by atoms with Crippen LogP contribution in [0.3, 0.4) is 0 Å². The summed E-state index contributed by atoms with van der Waals surface area (Å²) in [5.74, 6) is 0.875. The van der Waals surface area contributed by atoms with Gasteiger partial charge < -0.3 is 20.5 Å². The number of nitrogens with one attached hydrogen (secondary N) is 2. The molecule has 23 heavy (non-hydrogen) atoms. The Hall–Kier alpha value is -1.30. The van der Waals surface area contributed by atoms with Crippen LogP contribution in [0.5, 0.6) is 5.75 Å². The summed E-state index contributed by atoms with van der Waals surface area (Å²) in [5.41, 5.74) is 0.553. The van der Waals surface area contributed by atoms with Gasteiger partial charge in [0.05, 0.1) is 18.9 Å². The van der Waals surface area contributed by atoms with Crippen LogP contribution in [0.1, 0.15) is 33.6 Å². The molecule has 0 fully saturated rings. The second-order valence-corrected chi connectivity index (χ2v) is 6.63. The van der Waals surface area contributed by atoms with E-state index in [0.717, 1.165) is 6.42 Å². The molecular formula is C17H27ClN2O3. The summed E-state index contributed by atoms with van der Waals surface area (Å²) < 4.78 is 5.20. The average Bonchev–Trinajstić information content (AvgIpc) is 2.44. The van der Waals surface area contributed by atoms with Crippen molar-refractivity contribution in [3.8, 4) is 5.75 Å². The summed E-state index contributed by atoms with van der Waals surface area (Å²) >= 11 is 5.94. The maximum atomic E-state index is 12.1. The van der Waals surface area contributed by atoms with Crippen LogP contribution in [0.15, 0.2) is 18.2 Å². The van der Waals surface area contributed by atoms with Gasteiger partial charge in [0.15, 0.2) is 0 Å². The molecule has 0 aliphatic heterocycles. The number of hydrogen-bond donors (Lipinski definition) is 3. The van der Waals surface area contributed by atoms with Crippen LogP contribution in [-0.4, -0.2) is 36.8 Å². The second-order valence-electron chi connectivity index (χ2n) is 6.19. The van der Waals surface area contributed by atoms with Gasteiger partial charge in [-0.2, -0.15) is 0 Å². The molecule has 6 heteroatoms. The van der Waals surface area contributed by atoms with Crippen molar-refractivity contribution in [3.63, 3.8) is 0 Å². The zero-order chi connectivity index (χ0) is 17.4. The smallest absolute Gasteiger partial charge is 0.226 e. The second kappa shape index (κ2) is 9.75. The van der Waals surface area contributed by atoms with Crippen molar-refractivity contribution >= 4 is 23.2 Å². The molecule has 1 aromatic rings. The predicted molar refractivity (Wildman–Crippen MR) is 94.2 cm³/mol. The molecule has 0 aliphatic rings. The van der Waals surface area contributed by atoms with Crippen LogP contribution in [0.2, 0.25) is 5.02 Å². The number of halogens is 1. The van der Waals surface area contributed by atoms with Crippen molar-refractivity contribution in [1.29, 1.82) is 0 Å². The number of anilines is 1. The highest BCUT2D eigenvalue weighted by atomic mass is 35.5. The van der Waals surface area contributed by atoms with Gasteiger partial charge in [-0.05, 0) is 37.5 Å². The fraction of sp³-hybridized carbons (Fsp3) is 0.588. The number of aliphatic hydroxyl groups is 1. The highest BCUT2D eigenvalue weighted by Gasteiger charge is 2.14. The molecule has 0 heterocycles. The van der Waals surface area contributed by atoms with Crippen molar-refractivity contribution in [2.45, 2.75) is 45.8 Å². The van der Waals surface area contributed by atoms with E-state index in [9.17, 15) is 9.90 Å². The number of ether oxygens (including phenoxy) is 1. The number of carbonyl (C=O) groups is 1. The lowest BCUT2D eigenvalue weighted by molar-refractivity contribution is -0.116. The Labute approximate surface area is 143 Å². The summed E-state index contributed by atoms with van der Waals surface area (Å²) in [5, 5.41) is 16.4. The van der Waals surface area contributed by atoms with E-state index < -0.39 is 6.10 Å². The SMILES string of the molecule is COc1ccc(Cl)cc1NC(=O)CC(C)NCC(O)CC(C)C. The first-order valence-electron chi connectivity index (χ1n) is 7.86. The Morgan fingerprint density at radius 3 is 2.65 bits per heavy atom. The van der Waals surface area contributed by atoms with Crippen LogP contribution in [0.25, 0.3) is 0 Å². The predicted octanol–water partition coefficient (Wildman–Crippen LogP) is 3.06. The fourth-order valence-corrected chi connectivity index (χ4v) is 2.47. The fourth-order valence-electron chi connectivity index (χ4n) is 2.29. The highest BCUT2D eigenvalue weighted by Crippen LogP contribution is 2.27. The molecule has 130 valence electrons. The molecule has 0 aromatic heterocycles. The van der Waals surface area contributed by atoms with Crippen LogP contribution >= 0.6 is 11.6 Å².